The van der Waals surface area contributed by atoms with Crippen LogP contribution in [0.25, 0.3) is 0 Å². The van der Waals surface area contributed by atoms with E-state index in [1.165, 1.54) is 0 Å². The largest absolute Gasteiger partial charge is 0.453 e. The van der Waals surface area contributed by atoms with Gasteiger partial charge in [-0.15, -0.1) is 0 Å². The summed E-state index contributed by atoms with van der Waals surface area (Å²) in [6.45, 7) is 0.563. The lowest BCUT2D eigenvalue weighted by molar-refractivity contribution is 0.0983. The van der Waals surface area contributed by atoms with Crippen LogP contribution < -0.4 is 10.1 Å². The molecule has 1 aliphatic heterocycles. The molecule has 0 saturated heterocycles. The van der Waals surface area contributed by atoms with Crippen LogP contribution in [0.15, 0.2) is 30.3 Å². The van der Waals surface area contributed by atoms with Gasteiger partial charge in [0.15, 0.2) is 11.5 Å². The molecule has 0 saturated carbocycles. The molecule has 0 radical (unpaired) electrons. The summed E-state index contributed by atoms with van der Waals surface area (Å²) in [5, 5.41) is 4.53. The second-order valence-corrected chi connectivity index (χ2v) is 5.88. The number of Topliss-reactive ketones (excluding diaryl/α,β-unsaturated/α-hetero) is 1. The Morgan fingerprint density at radius 3 is 2.57 bits per heavy atom. The van der Waals surface area contributed by atoms with Gasteiger partial charge in [0, 0.05) is 40.7 Å². The number of hydrogen-bond acceptors (Lipinski definition) is 3. The molecular formula is C15H10Cl3NO2. The number of hydrogen-bond donors (Lipinski definition) is 1. The molecule has 0 bridgehead atoms. The van der Waals surface area contributed by atoms with E-state index in [9.17, 15) is 4.79 Å². The van der Waals surface area contributed by atoms with Crippen molar-refractivity contribution in [3.8, 4) is 11.5 Å². The number of fused-ring (bicyclic) bond motifs is 1. The normalized spacial score (nSPS) is 13.6. The molecule has 0 fully saturated rings. The van der Waals surface area contributed by atoms with Crippen molar-refractivity contribution in [2.24, 2.45) is 0 Å². The molecule has 0 unspecified atom stereocenters. The maximum Gasteiger partial charge on any atom is 0.166 e. The lowest BCUT2D eigenvalue weighted by Crippen LogP contribution is -2.18. The Hall–Kier alpha value is -1.42. The number of halogens is 3. The summed E-state index contributed by atoms with van der Waals surface area (Å²) in [5.74, 6) is 0.900. The van der Waals surface area contributed by atoms with Crippen molar-refractivity contribution in [3.05, 3.63) is 51.0 Å². The van der Waals surface area contributed by atoms with Crippen LogP contribution in [0.3, 0.4) is 0 Å². The standard InChI is InChI=1S/C15H10Cl3NO2/c16-8-1-2-11(18)13(6-8)21-14-7-9(17)5-10-12(20)3-4-19-15(10)14/h1-2,5-7,19H,3-4H2. The highest BCUT2D eigenvalue weighted by Crippen LogP contribution is 2.40. The van der Waals surface area contributed by atoms with Crippen molar-refractivity contribution < 1.29 is 9.53 Å². The molecule has 108 valence electrons. The van der Waals surface area contributed by atoms with E-state index in [1.54, 1.807) is 30.3 Å². The number of benzene rings is 2. The molecular weight excluding hydrogens is 333 g/mol. The average molecular weight is 343 g/mol. The molecule has 0 spiro atoms. The summed E-state index contributed by atoms with van der Waals surface area (Å²) in [7, 11) is 0. The highest BCUT2D eigenvalue weighted by molar-refractivity contribution is 6.34. The van der Waals surface area contributed by atoms with Crippen molar-refractivity contribution in [1.29, 1.82) is 0 Å². The van der Waals surface area contributed by atoms with Gasteiger partial charge in [0.2, 0.25) is 0 Å². The van der Waals surface area contributed by atoms with Crippen molar-refractivity contribution in [1.82, 2.24) is 0 Å². The molecule has 1 aliphatic rings. The Morgan fingerprint density at radius 1 is 1.00 bits per heavy atom. The van der Waals surface area contributed by atoms with Gasteiger partial charge in [0.25, 0.3) is 0 Å². The first-order chi connectivity index (χ1) is 10.0. The second-order valence-electron chi connectivity index (χ2n) is 4.60. The Balaban J connectivity index is 2.06. The molecule has 21 heavy (non-hydrogen) atoms. The lowest BCUT2D eigenvalue weighted by atomic mass is 10.0. The van der Waals surface area contributed by atoms with Crippen LogP contribution in [0.4, 0.5) is 5.69 Å². The number of anilines is 1. The molecule has 1 heterocycles. The zero-order valence-corrected chi connectivity index (χ0v) is 13.0. The molecule has 0 amide bonds. The first-order valence-corrected chi connectivity index (χ1v) is 7.41. The SMILES string of the molecule is O=C1CCNc2c(Oc3cc(Cl)ccc3Cl)cc(Cl)cc21. The monoisotopic (exact) mass is 341 g/mol. The third-order valence-electron chi connectivity index (χ3n) is 3.13. The van der Waals surface area contributed by atoms with Crippen LogP contribution in [-0.2, 0) is 0 Å². The van der Waals surface area contributed by atoms with E-state index in [0.29, 0.717) is 50.8 Å². The highest BCUT2D eigenvalue weighted by atomic mass is 35.5. The van der Waals surface area contributed by atoms with Crippen LogP contribution in [0.2, 0.25) is 15.1 Å². The van der Waals surface area contributed by atoms with Gasteiger partial charge in [-0.25, -0.2) is 0 Å². The summed E-state index contributed by atoms with van der Waals surface area (Å²) >= 11 is 18.1. The predicted molar refractivity (Wildman–Crippen MR) is 85.4 cm³/mol. The number of ketones is 1. The third-order valence-corrected chi connectivity index (χ3v) is 3.90. The van der Waals surface area contributed by atoms with Crippen LogP contribution in [0, 0.1) is 0 Å². The van der Waals surface area contributed by atoms with Gasteiger partial charge in [-0.1, -0.05) is 34.8 Å². The summed E-state index contributed by atoms with van der Waals surface area (Å²) in [6, 6.07) is 8.21. The number of ether oxygens (including phenoxy) is 1. The molecule has 6 heteroatoms. The Labute approximate surface area is 136 Å². The first kappa shape index (κ1) is 14.5. The fourth-order valence-electron chi connectivity index (χ4n) is 2.17. The second kappa shape index (κ2) is 5.76. The number of carbonyl (C=O) groups is 1. The van der Waals surface area contributed by atoms with Gasteiger partial charge in [-0.2, -0.15) is 0 Å². The minimum absolute atomic E-state index is 0.0355. The Morgan fingerprint density at radius 2 is 1.76 bits per heavy atom. The smallest absolute Gasteiger partial charge is 0.166 e. The molecule has 0 aliphatic carbocycles. The van der Waals surface area contributed by atoms with Crippen LogP contribution >= 0.6 is 34.8 Å². The fourth-order valence-corrected chi connectivity index (χ4v) is 2.70. The van der Waals surface area contributed by atoms with Crippen molar-refractivity contribution in [2.75, 3.05) is 11.9 Å². The first-order valence-electron chi connectivity index (χ1n) is 6.28. The number of rotatable bonds is 2. The summed E-state index contributed by atoms with van der Waals surface area (Å²) < 4.78 is 5.80. The zero-order valence-electron chi connectivity index (χ0n) is 10.8. The Bertz CT molecular complexity index is 731. The van der Waals surface area contributed by atoms with E-state index in [2.05, 4.69) is 5.32 Å². The van der Waals surface area contributed by atoms with Crippen molar-refractivity contribution in [3.63, 3.8) is 0 Å². The van der Waals surface area contributed by atoms with Gasteiger partial charge in [0.05, 0.1) is 10.7 Å². The van der Waals surface area contributed by atoms with Crippen LogP contribution in [0.1, 0.15) is 16.8 Å². The lowest BCUT2D eigenvalue weighted by Gasteiger charge is -2.21. The topological polar surface area (TPSA) is 38.3 Å². The van der Waals surface area contributed by atoms with Gasteiger partial charge in [0.1, 0.15) is 5.75 Å². The summed E-state index contributed by atoms with van der Waals surface area (Å²) in [6.07, 6.45) is 0.435. The molecule has 0 aromatic heterocycles. The molecule has 1 N–H and O–H groups in total. The highest BCUT2D eigenvalue weighted by Gasteiger charge is 2.22. The van der Waals surface area contributed by atoms with Crippen LogP contribution in [0.5, 0.6) is 11.5 Å². The average Bonchev–Trinajstić information content (AvgIpc) is 2.44. The minimum Gasteiger partial charge on any atom is -0.453 e. The molecule has 3 nitrogen and oxygen atoms in total. The third kappa shape index (κ3) is 2.95. The van der Waals surface area contributed by atoms with E-state index >= 15 is 0 Å². The van der Waals surface area contributed by atoms with Gasteiger partial charge < -0.3 is 10.1 Å². The molecule has 2 aromatic carbocycles. The summed E-state index contributed by atoms with van der Waals surface area (Å²) in [5.41, 5.74) is 1.16. The van der Waals surface area contributed by atoms with Crippen LogP contribution in [-0.4, -0.2) is 12.3 Å². The Kier molecular flexibility index (Phi) is 3.98. The zero-order chi connectivity index (χ0) is 15.0. The van der Waals surface area contributed by atoms with Gasteiger partial charge in [-0.05, 0) is 18.2 Å². The summed E-state index contributed by atoms with van der Waals surface area (Å²) in [4.78, 5) is 12.0. The van der Waals surface area contributed by atoms with Crippen molar-refractivity contribution in [2.45, 2.75) is 6.42 Å². The number of nitrogens with one attached hydrogen (secondary N) is 1. The fraction of sp³-hybridized carbons (Fsp3) is 0.133. The maximum absolute atomic E-state index is 12.0. The maximum atomic E-state index is 12.0. The van der Waals surface area contributed by atoms with E-state index in [1.807, 2.05) is 0 Å². The van der Waals surface area contributed by atoms with E-state index < -0.39 is 0 Å². The minimum atomic E-state index is 0.0355. The van der Waals surface area contributed by atoms with Gasteiger partial charge in [-0.3, -0.25) is 4.79 Å². The van der Waals surface area contributed by atoms with E-state index in [0.717, 1.165) is 0 Å². The molecule has 0 atom stereocenters. The van der Waals surface area contributed by atoms with E-state index in [4.69, 9.17) is 39.5 Å². The van der Waals surface area contributed by atoms with Crippen molar-refractivity contribution >= 4 is 46.3 Å². The van der Waals surface area contributed by atoms with Gasteiger partial charge >= 0.3 is 0 Å². The quantitative estimate of drug-likeness (QED) is 0.790. The molecule has 2 aromatic rings. The van der Waals surface area contributed by atoms with E-state index in [-0.39, 0.29) is 5.78 Å². The predicted octanol–water partition coefficient (Wildman–Crippen LogP) is 5.44. The molecule has 3 rings (SSSR count). The number of carbonyl (C=O) groups excluding carboxylic acids is 1.